The second-order valence-electron chi connectivity index (χ2n) is 3.82. The average molecular weight is 291 g/mol. The highest BCUT2D eigenvalue weighted by Gasteiger charge is 2.20. The predicted octanol–water partition coefficient (Wildman–Crippen LogP) is 2.37. The van der Waals surface area contributed by atoms with E-state index in [0.29, 0.717) is 5.03 Å². The van der Waals surface area contributed by atoms with Crippen LogP contribution in [0.25, 0.3) is 0 Å². The van der Waals surface area contributed by atoms with Gasteiger partial charge in [0.15, 0.2) is 0 Å². The maximum absolute atomic E-state index is 12.8. The van der Waals surface area contributed by atoms with Crippen LogP contribution in [0.1, 0.15) is 15.9 Å². The Balaban J connectivity index is 2.29. The van der Waals surface area contributed by atoms with Crippen LogP contribution in [0.5, 0.6) is 5.88 Å². The van der Waals surface area contributed by atoms with Crippen LogP contribution in [0.4, 0.5) is 4.39 Å². The van der Waals surface area contributed by atoms with Crippen LogP contribution < -0.4 is 4.74 Å². The van der Waals surface area contributed by atoms with Crippen molar-refractivity contribution in [3.63, 3.8) is 0 Å². The van der Waals surface area contributed by atoms with Gasteiger partial charge in [0.25, 0.3) is 5.88 Å². The number of aromatic nitrogens is 2. The van der Waals surface area contributed by atoms with E-state index in [0.717, 1.165) is 12.1 Å². The van der Waals surface area contributed by atoms with Crippen molar-refractivity contribution in [3.8, 4) is 11.9 Å². The minimum Gasteiger partial charge on any atom is -0.401 e. The van der Waals surface area contributed by atoms with Crippen molar-refractivity contribution in [3.05, 3.63) is 41.2 Å². The van der Waals surface area contributed by atoms with Crippen LogP contribution >= 0.6 is 11.8 Å². The van der Waals surface area contributed by atoms with E-state index in [-0.39, 0.29) is 17.0 Å². The Morgan fingerprint density at radius 1 is 1.45 bits per heavy atom. The number of hydrogen-bond donors (Lipinski definition) is 0. The van der Waals surface area contributed by atoms with Gasteiger partial charge in [0.2, 0.25) is 0 Å². The van der Waals surface area contributed by atoms with Crippen LogP contribution in [0.15, 0.2) is 29.3 Å². The number of nitriles is 1. The lowest BCUT2D eigenvalue weighted by molar-refractivity contribution is 0.0726. The first-order valence-corrected chi connectivity index (χ1v) is 6.78. The van der Waals surface area contributed by atoms with Crippen LogP contribution in [-0.4, -0.2) is 22.0 Å². The molecule has 1 aromatic carbocycles. The summed E-state index contributed by atoms with van der Waals surface area (Å²) in [7, 11) is 1.65. The number of nitrogens with zero attached hydrogens (tertiary/aromatic N) is 3. The van der Waals surface area contributed by atoms with E-state index in [1.54, 1.807) is 13.3 Å². The molecule has 0 bridgehead atoms. The molecule has 0 aliphatic carbocycles. The van der Waals surface area contributed by atoms with Crippen molar-refractivity contribution < 1.29 is 13.9 Å². The highest BCUT2D eigenvalue weighted by atomic mass is 32.2. The van der Waals surface area contributed by atoms with E-state index in [2.05, 4.69) is 5.10 Å². The Labute approximate surface area is 119 Å². The number of aryl methyl sites for hydroxylation is 1. The SMILES string of the molecule is CSc1c(C#N)c(OC(=O)c2ccc(F)cc2)nn1C. The molecule has 7 heteroatoms. The third-order valence-electron chi connectivity index (χ3n) is 2.54. The zero-order valence-corrected chi connectivity index (χ0v) is 11.6. The lowest BCUT2D eigenvalue weighted by Gasteiger charge is -2.01. The first kappa shape index (κ1) is 14.1. The molecule has 2 aromatic rings. The Bertz CT molecular complexity index is 689. The molecule has 102 valence electrons. The molecule has 0 unspecified atom stereocenters. The van der Waals surface area contributed by atoms with Crippen LogP contribution in [0.3, 0.4) is 0 Å². The monoisotopic (exact) mass is 291 g/mol. The lowest BCUT2D eigenvalue weighted by Crippen LogP contribution is -2.09. The summed E-state index contributed by atoms with van der Waals surface area (Å²) in [5, 5.41) is 13.7. The summed E-state index contributed by atoms with van der Waals surface area (Å²) in [6.07, 6.45) is 1.80. The number of carbonyl (C=O) groups excluding carboxylic acids is 1. The number of benzene rings is 1. The maximum Gasteiger partial charge on any atom is 0.344 e. The van der Waals surface area contributed by atoms with Gasteiger partial charge in [-0.2, -0.15) is 5.26 Å². The summed E-state index contributed by atoms with van der Waals surface area (Å²) >= 11 is 1.33. The van der Waals surface area contributed by atoms with Crippen LogP contribution in [-0.2, 0) is 7.05 Å². The topological polar surface area (TPSA) is 67.9 Å². The summed E-state index contributed by atoms with van der Waals surface area (Å²) < 4.78 is 19.3. The van der Waals surface area contributed by atoms with E-state index in [9.17, 15) is 9.18 Å². The van der Waals surface area contributed by atoms with E-state index >= 15 is 0 Å². The summed E-state index contributed by atoms with van der Waals surface area (Å²) in [5.41, 5.74) is 0.391. The standard InChI is InChI=1S/C13H10FN3O2S/c1-17-12(20-2)10(7-15)11(16-17)19-13(18)8-3-5-9(14)6-4-8/h3-6H,1-2H3. The van der Waals surface area contributed by atoms with Gasteiger partial charge in [-0.25, -0.2) is 9.18 Å². The van der Waals surface area contributed by atoms with Crippen LogP contribution in [0.2, 0.25) is 0 Å². The number of halogens is 1. The quantitative estimate of drug-likeness (QED) is 0.641. The average Bonchev–Trinajstić information content (AvgIpc) is 2.74. The Hall–Kier alpha value is -2.33. The lowest BCUT2D eigenvalue weighted by atomic mass is 10.2. The van der Waals surface area contributed by atoms with E-state index in [1.807, 2.05) is 6.07 Å². The zero-order valence-electron chi connectivity index (χ0n) is 10.8. The van der Waals surface area contributed by atoms with Crippen molar-refractivity contribution in [1.29, 1.82) is 5.26 Å². The van der Waals surface area contributed by atoms with Gasteiger partial charge in [-0.1, -0.05) is 0 Å². The minimum atomic E-state index is -0.688. The van der Waals surface area contributed by atoms with Gasteiger partial charge in [0.1, 0.15) is 22.5 Å². The molecule has 5 nitrogen and oxygen atoms in total. The van der Waals surface area contributed by atoms with Gasteiger partial charge in [0.05, 0.1) is 5.56 Å². The first-order valence-electron chi connectivity index (χ1n) is 5.55. The second kappa shape index (κ2) is 5.75. The minimum absolute atomic E-state index is 0.0475. The molecule has 2 rings (SSSR count). The normalized spacial score (nSPS) is 10.1. The number of rotatable bonds is 3. The molecule has 0 amide bonds. The Kier molecular flexibility index (Phi) is 4.05. The molecule has 1 aromatic heterocycles. The molecular weight excluding hydrogens is 281 g/mol. The summed E-state index contributed by atoms with van der Waals surface area (Å²) in [4.78, 5) is 11.9. The number of ether oxygens (including phenoxy) is 1. The summed E-state index contributed by atoms with van der Waals surface area (Å²) in [6, 6.07) is 6.90. The van der Waals surface area contributed by atoms with Crippen molar-refractivity contribution in [1.82, 2.24) is 9.78 Å². The molecule has 0 spiro atoms. The molecule has 0 N–H and O–H groups in total. The number of esters is 1. The third-order valence-corrected chi connectivity index (χ3v) is 3.39. The molecule has 0 aliphatic heterocycles. The van der Waals surface area contributed by atoms with Gasteiger partial charge in [0, 0.05) is 7.05 Å². The zero-order chi connectivity index (χ0) is 14.7. The molecule has 0 fully saturated rings. The molecule has 0 saturated heterocycles. The van der Waals surface area contributed by atoms with Gasteiger partial charge >= 0.3 is 5.97 Å². The predicted molar refractivity (Wildman–Crippen MR) is 71.1 cm³/mol. The van der Waals surface area contributed by atoms with Crippen molar-refractivity contribution in [2.24, 2.45) is 7.05 Å². The van der Waals surface area contributed by atoms with E-state index in [1.165, 1.54) is 28.6 Å². The van der Waals surface area contributed by atoms with Crippen molar-refractivity contribution in [2.75, 3.05) is 6.26 Å². The molecule has 0 radical (unpaired) electrons. The van der Waals surface area contributed by atoms with Gasteiger partial charge in [-0.15, -0.1) is 16.9 Å². The van der Waals surface area contributed by atoms with Gasteiger partial charge < -0.3 is 4.74 Å². The number of hydrogen-bond acceptors (Lipinski definition) is 5. The second-order valence-corrected chi connectivity index (χ2v) is 4.62. The fraction of sp³-hybridized carbons (Fsp3) is 0.154. The fourth-order valence-electron chi connectivity index (χ4n) is 1.62. The molecule has 0 aliphatic rings. The number of thioether (sulfide) groups is 1. The molecule has 1 heterocycles. The summed E-state index contributed by atoms with van der Waals surface area (Å²) in [6.45, 7) is 0. The first-order chi connectivity index (χ1) is 9.56. The third kappa shape index (κ3) is 2.65. The largest absolute Gasteiger partial charge is 0.401 e. The van der Waals surface area contributed by atoms with Crippen molar-refractivity contribution >= 4 is 17.7 Å². The van der Waals surface area contributed by atoms with Gasteiger partial charge in [-0.05, 0) is 30.5 Å². The van der Waals surface area contributed by atoms with Crippen LogP contribution in [0, 0.1) is 17.1 Å². The fourth-order valence-corrected chi connectivity index (χ4v) is 2.26. The highest BCUT2D eigenvalue weighted by Crippen LogP contribution is 2.27. The maximum atomic E-state index is 12.8. The smallest absolute Gasteiger partial charge is 0.344 e. The number of carbonyl (C=O) groups is 1. The Morgan fingerprint density at radius 2 is 2.10 bits per heavy atom. The molecule has 20 heavy (non-hydrogen) atoms. The molecular formula is C13H10FN3O2S. The summed E-state index contributed by atoms with van der Waals surface area (Å²) in [5.74, 6) is -1.18. The molecule has 0 saturated carbocycles. The van der Waals surface area contributed by atoms with Gasteiger partial charge in [-0.3, -0.25) is 4.68 Å². The van der Waals surface area contributed by atoms with Crippen molar-refractivity contribution in [2.45, 2.75) is 5.03 Å². The Morgan fingerprint density at radius 3 is 2.65 bits per heavy atom. The molecule has 0 atom stereocenters. The highest BCUT2D eigenvalue weighted by molar-refractivity contribution is 7.98. The van der Waals surface area contributed by atoms with E-state index in [4.69, 9.17) is 10.00 Å². The van der Waals surface area contributed by atoms with E-state index < -0.39 is 11.8 Å².